The topological polar surface area (TPSA) is 39.1 Å². The van der Waals surface area contributed by atoms with Crippen LogP contribution in [-0.2, 0) is 4.74 Å². The quantitative estimate of drug-likeness (QED) is 0.855. The molecule has 1 aromatic heterocycles. The van der Waals surface area contributed by atoms with Gasteiger partial charge in [-0.3, -0.25) is 4.57 Å². The maximum absolute atomic E-state index is 6.08. The summed E-state index contributed by atoms with van der Waals surface area (Å²) in [5.74, 6) is 0.805. The number of benzene rings is 1. The Bertz CT molecular complexity index is 566. The number of nitrogens with zero attached hydrogens (tertiary/aromatic N) is 2. The van der Waals surface area contributed by atoms with E-state index in [0.29, 0.717) is 13.2 Å². The molecule has 1 aromatic carbocycles. The molecule has 19 heavy (non-hydrogen) atoms. The molecule has 0 spiro atoms. The van der Waals surface area contributed by atoms with Gasteiger partial charge in [0.1, 0.15) is 0 Å². The maximum Gasteiger partial charge on any atom is 0.207 e. The largest absolute Gasteiger partial charge is 0.383 e. The molecule has 0 bridgehead atoms. The van der Waals surface area contributed by atoms with Crippen LogP contribution >= 0.6 is 11.6 Å². The highest BCUT2D eigenvalue weighted by atomic mass is 35.5. The third-order valence-electron chi connectivity index (χ3n) is 2.85. The average Bonchev–Trinajstić information content (AvgIpc) is 2.74. The van der Waals surface area contributed by atoms with Gasteiger partial charge in [0.05, 0.1) is 18.0 Å². The summed E-state index contributed by atoms with van der Waals surface area (Å²) in [5, 5.41) is 3.98. The highest BCUT2D eigenvalue weighted by Gasteiger charge is 2.09. The Morgan fingerprint density at radius 3 is 2.89 bits per heavy atom. The molecule has 1 heterocycles. The number of aryl methyl sites for hydroxylation is 2. The van der Waals surface area contributed by atoms with Crippen LogP contribution in [0.2, 0.25) is 5.02 Å². The number of methoxy groups -OCH3 is 1. The number of rotatable bonds is 5. The lowest BCUT2D eigenvalue weighted by Gasteiger charge is -2.12. The molecular formula is C14H18ClN3O. The first-order chi connectivity index (χ1) is 9.11. The molecule has 0 saturated heterocycles. The van der Waals surface area contributed by atoms with E-state index in [1.165, 1.54) is 0 Å². The van der Waals surface area contributed by atoms with E-state index in [-0.39, 0.29) is 0 Å². The summed E-state index contributed by atoms with van der Waals surface area (Å²) in [6.45, 7) is 5.38. The molecule has 0 fully saturated rings. The zero-order valence-corrected chi connectivity index (χ0v) is 12.2. The van der Waals surface area contributed by atoms with Crippen molar-refractivity contribution in [2.45, 2.75) is 13.8 Å². The molecule has 1 N–H and O–H groups in total. The summed E-state index contributed by atoms with van der Waals surface area (Å²) in [5.41, 5.74) is 3.14. The van der Waals surface area contributed by atoms with E-state index in [1.54, 1.807) is 7.11 Å². The molecule has 0 aliphatic carbocycles. The van der Waals surface area contributed by atoms with Crippen molar-refractivity contribution in [3.05, 3.63) is 40.7 Å². The van der Waals surface area contributed by atoms with Gasteiger partial charge in [-0.05, 0) is 31.5 Å². The molecule has 0 atom stereocenters. The van der Waals surface area contributed by atoms with E-state index in [4.69, 9.17) is 16.3 Å². The normalized spacial score (nSPS) is 10.7. The van der Waals surface area contributed by atoms with E-state index in [0.717, 1.165) is 27.9 Å². The number of nitrogens with one attached hydrogen (secondary N) is 1. The van der Waals surface area contributed by atoms with Gasteiger partial charge >= 0.3 is 0 Å². The van der Waals surface area contributed by atoms with E-state index in [1.807, 2.05) is 35.9 Å². The number of imidazole rings is 1. The van der Waals surface area contributed by atoms with Crippen molar-refractivity contribution >= 4 is 17.5 Å². The second kappa shape index (κ2) is 6.08. The van der Waals surface area contributed by atoms with Crippen molar-refractivity contribution in [2.75, 3.05) is 25.6 Å². The smallest absolute Gasteiger partial charge is 0.207 e. The third kappa shape index (κ3) is 3.28. The molecule has 5 heteroatoms. The number of hydrogen-bond donors (Lipinski definition) is 1. The van der Waals surface area contributed by atoms with Gasteiger partial charge in [-0.15, -0.1) is 0 Å². The van der Waals surface area contributed by atoms with Crippen LogP contribution in [0.3, 0.4) is 0 Å². The van der Waals surface area contributed by atoms with Crippen LogP contribution in [0.15, 0.2) is 24.4 Å². The zero-order valence-electron chi connectivity index (χ0n) is 11.4. The highest BCUT2D eigenvalue weighted by Crippen LogP contribution is 2.23. The van der Waals surface area contributed by atoms with E-state index < -0.39 is 0 Å². The molecule has 0 unspecified atom stereocenters. The van der Waals surface area contributed by atoms with Crippen molar-refractivity contribution in [1.82, 2.24) is 9.55 Å². The van der Waals surface area contributed by atoms with Crippen molar-refractivity contribution in [3.8, 4) is 5.69 Å². The van der Waals surface area contributed by atoms with Gasteiger partial charge in [-0.1, -0.05) is 17.7 Å². The predicted molar refractivity (Wildman–Crippen MR) is 78.4 cm³/mol. The number of halogens is 1. The van der Waals surface area contributed by atoms with Crippen LogP contribution < -0.4 is 5.32 Å². The molecule has 2 rings (SSSR count). The maximum atomic E-state index is 6.08. The van der Waals surface area contributed by atoms with Gasteiger partial charge in [0.25, 0.3) is 0 Å². The van der Waals surface area contributed by atoms with Crippen LogP contribution in [0, 0.1) is 13.8 Å². The predicted octanol–water partition coefficient (Wildman–Crippen LogP) is 3.20. The Balaban J connectivity index is 2.35. The Kier molecular flexibility index (Phi) is 4.45. The Morgan fingerprint density at radius 2 is 2.16 bits per heavy atom. The Labute approximate surface area is 118 Å². The fraction of sp³-hybridized carbons (Fsp3) is 0.357. The molecule has 102 valence electrons. The summed E-state index contributed by atoms with van der Waals surface area (Å²) in [6, 6.07) is 5.84. The number of anilines is 1. The van der Waals surface area contributed by atoms with E-state index >= 15 is 0 Å². The first kappa shape index (κ1) is 13.9. The fourth-order valence-corrected chi connectivity index (χ4v) is 2.08. The summed E-state index contributed by atoms with van der Waals surface area (Å²) in [7, 11) is 1.68. The second-order valence-corrected chi connectivity index (χ2v) is 4.86. The average molecular weight is 280 g/mol. The van der Waals surface area contributed by atoms with Gasteiger partial charge in [0, 0.05) is 24.9 Å². The Hall–Kier alpha value is -1.52. The molecule has 0 radical (unpaired) electrons. The monoisotopic (exact) mass is 279 g/mol. The minimum absolute atomic E-state index is 0.639. The molecule has 0 aliphatic heterocycles. The van der Waals surface area contributed by atoms with E-state index in [9.17, 15) is 0 Å². The highest BCUT2D eigenvalue weighted by molar-refractivity contribution is 6.30. The third-order valence-corrected chi connectivity index (χ3v) is 3.08. The van der Waals surface area contributed by atoms with Crippen LogP contribution in [-0.4, -0.2) is 29.8 Å². The van der Waals surface area contributed by atoms with Gasteiger partial charge in [0.15, 0.2) is 0 Å². The zero-order chi connectivity index (χ0) is 13.8. The minimum atomic E-state index is 0.639. The second-order valence-electron chi connectivity index (χ2n) is 4.43. The van der Waals surface area contributed by atoms with Crippen LogP contribution in [0.4, 0.5) is 5.95 Å². The molecule has 0 aliphatic rings. The fourth-order valence-electron chi connectivity index (χ4n) is 1.91. The number of hydrogen-bond acceptors (Lipinski definition) is 3. The summed E-state index contributed by atoms with van der Waals surface area (Å²) < 4.78 is 7.06. The van der Waals surface area contributed by atoms with Crippen molar-refractivity contribution in [1.29, 1.82) is 0 Å². The first-order valence-electron chi connectivity index (χ1n) is 6.17. The lowest BCUT2D eigenvalue weighted by Crippen LogP contribution is -2.12. The van der Waals surface area contributed by atoms with Gasteiger partial charge in [-0.2, -0.15) is 0 Å². The first-order valence-corrected chi connectivity index (χ1v) is 6.55. The number of ether oxygens (including phenoxy) is 1. The van der Waals surface area contributed by atoms with Crippen LogP contribution in [0.25, 0.3) is 5.69 Å². The minimum Gasteiger partial charge on any atom is -0.383 e. The molecule has 0 amide bonds. The molecule has 2 aromatic rings. The lowest BCUT2D eigenvalue weighted by atomic mass is 10.2. The van der Waals surface area contributed by atoms with Gasteiger partial charge in [0.2, 0.25) is 5.95 Å². The SMILES string of the molecule is COCCNc1nc(C)cn1-c1cc(Cl)ccc1C. The Morgan fingerprint density at radius 1 is 1.37 bits per heavy atom. The van der Waals surface area contributed by atoms with Crippen molar-refractivity contribution in [3.63, 3.8) is 0 Å². The van der Waals surface area contributed by atoms with E-state index in [2.05, 4.69) is 17.2 Å². The lowest BCUT2D eigenvalue weighted by molar-refractivity contribution is 0.210. The molecule has 0 saturated carbocycles. The molecular weight excluding hydrogens is 262 g/mol. The van der Waals surface area contributed by atoms with Gasteiger partial charge in [-0.25, -0.2) is 4.98 Å². The summed E-state index contributed by atoms with van der Waals surface area (Å²) >= 11 is 6.08. The molecule has 4 nitrogen and oxygen atoms in total. The van der Waals surface area contributed by atoms with Crippen LogP contribution in [0.1, 0.15) is 11.3 Å². The van der Waals surface area contributed by atoms with Gasteiger partial charge < -0.3 is 10.1 Å². The van der Waals surface area contributed by atoms with Crippen LogP contribution in [0.5, 0.6) is 0 Å². The van der Waals surface area contributed by atoms with Crippen molar-refractivity contribution < 1.29 is 4.74 Å². The summed E-state index contributed by atoms with van der Waals surface area (Å²) in [4.78, 5) is 4.48. The number of aromatic nitrogens is 2. The van der Waals surface area contributed by atoms with Crippen molar-refractivity contribution in [2.24, 2.45) is 0 Å². The standard InChI is InChI=1S/C14H18ClN3O/c1-10-4-5-12(15)8-13(10)18-9-11(2)17-14(18)16-6-7-19-3/h4-5,8-9H,6-7H2,1-3H3,(H,16,17). The summed E-state index contributed by atoms with van der Waals surface area (Å²) in [6.07, 6.45) is 1.99.